The maximum atomic E-state index is 14.6. The Morgan fingerprint density at radius 3 is 2.67 bits per heavy atom. The van der Waals surface area contributed by atoms with Crippen LogP contribution in [-0.4, -0.2) is 66.5 Å². The van der Waals surface area contributed by atoms with Gasteiger partial charge in [0.25, 0.3) is 17.4 Å². The highest BCUT2D eigenvalue weighted by atomic mass is 19.1. The normalized spacial score (nSPS) is 16.5. The number of anilines is 1. The third-order valence-electron chi connectivity index (χ3n) is 7.35. The molecule has 2 unspecified atom stereocenters. The maximum absolute atomic E-state index is 14.6. The van der Waals surface area contributed by atoms with E-state index < -0.39 is 29.9 Å². The molecular formula is C29H27FN9O4+. The van der Waals surface area contributed by atoms with Crippen molar-refractivity contribution in [1.82, 2.24) is 30.0 Å². The van der Waals surface area contributed by atoms with Crippen LogP contribution in [0.3, 0.4) is 0 Å². The van der Waals surface area contributed by atoms with Crippen molar-refractivity contribution < 1.29 is 23.5 Å². The molecule has 0 bridgehead atoms. The largest absolute Gasteiger partial charge is 0.364 e. The fraction of sp³-hybridized carbons (Fsp3) is 0.207. The topological polar surface area (TPSA) is 176 Å². The van der Waals surface area contributed by atoms with Crippen LogP contribution >= 0.6 is 0 Å². The van der Waals surface area contributed by atoms with Crippen LogP contribution in [-0.2, 0) is 16.1 Å². The molecule has 1 aliphatic rings. The number of carbonyl (C=O) groups excluding carboxylic acids is 3. The zero-order valence-electron chi connectivity index (χ0n) is 23.0. The van der Waals surface area contributed by atoms with Crippen LogP contribution in [0.5, 0.6) is 0 Å². The first-order valence-electron chi connectivity index (χ1n) is 13.4. The summed E-state index contributed by atoms with van der Waals surface area (Å²) in [4.78, 5) is 52.4. The summed E-state index contributed by atoms with van der Waals surface area (Å²) in [6.07, 6.45) is 1.57. The Morgan fingerprint density at radius 1 is 1.12 bits per heavy atom. The minimum absolute atomic E-state index is 0.0991. The molecule has 3 amide bonds. The Kier molecular flexibility index (Phi) is 7.01. The predicted octanol–water partition coefficient (Wildman–Crippen LogP) is 1.38. The van der Waals surface area contributed by atoms with Gasteiger partial charge in [0, 0.05) is 35.5 Å². The van der Waals surface area contributed by atoms with E-state index >= 15 is 0 Å². The van der Waals surface area contributed by atoms with Gasteiger partial charge in [-0.05, 0) is 48.9 Å². The monoisotopic (exact) mass is 584 g/mol. The van der Waals surface area contributed by atoms with Crippen molar-refractivity contribution in [3.05, 3.63) is 88.7 Å². The smallest absolute Gasteiger partial charge is 0.291 e. The number of nitrogens with zero attached hydrogens (tertiary/aromatic N) is 5. The number of H-pyrrole nitrogens is 2. The number of fused-ring (bicyclic) bond motifs is 1. The summed E-state index contributed by atoms with van der Waals surface area (Å²) in [6, 6.07) is 14.1. The van der Waals surface area contributed by atoms with Crippen LogP contribution in [0.15, 0.2) is 71.8 Å². The standard InChI is InChI=1S/C29H26FN9O4/c1-16-9-25(40)39(35-16)21-4-2-3-20(12-21)34-29(43)24-11-19(30)14-37(24)26(41)15-38-23-6-5-17(18-7-8-32-33-13-18)10-22(23)27(36-38)28(31)42/h2-10,12-13,19,24H,11,14-15H2,1H3,(H4,31,34,35,40,42,43)/p+1. The lowest BCUT2D eigenvalue weighted by Gasteiger charge is -2.22. The number of rotatable bonds is 7. The number of aromatic amines is 2. The molecule has 3 aromatic heterocycles. The molecule has 218 valence electrons. The van der Waals surface area contributed by atoms with Crippen molar-refractivity contribution in [1.29, 1.82) is 0 Å². The Morgan fingerprint density at radius 2 is 1.95 bits per heavy atom. The summed E-state index contributed by atoms with van der Waals surface area (Å²) in [5.74, 6) is -1.80. The highest BCUT2D eigenvalue weighted by Crippen LogP contribution is 2.26. The molecule has 0 radical (unpaired) electrons. The van der Waals surface area contributed by atoms with Crippen molar-refractivity contribution in [2.24, 2.45) is 5.73 Å². The van der Waals surface area contributed by atoms with E-state index in [9.17, 15) is 23.6 Å². The van der Waals surface area contributed by atoms with Crippen molar-refractivity contribution in [2.75, 3.05) is 11.9 Å². The fourth-order valence-electron chi connectivity index (χ4n) is 5.37. The number of primary amides is 1. The van der Waals surface area contributed by atoms with Crippen LogP contribution in [0.4, 0.5) is 10.1 Å². The molecule has 0 saturated carbocycles. The van der Waals surface area contributed by atoms with Crippen LogP contribution in [0, 0.1) is 6.92 Å². The van der Waals surface area contributed by atoms with Crippen molar-refractivity contribution >= 4 is 34.3 Å². The van der Waals surface area contributed by atoms with E-state index in [1.807, 2.05) is 0 Å². The third kappa shape index (κ3) is 5.37. The molecule has 4 heterocycles. The number of hydrogen-bond donors (Lipinski definition) is 4. The molecule has 5 aromatic rings. The van der Waals surface area contributed by atoms with Gasteiger partial charge in [0.15, 0.2) is 5.69 Å². The SMILES string of the molecule is Cc1cc(=O)n(-c2cccc(NC(=O)C3CC(F)CN3C(=O)C[n+]3[nH]c(C(N)=O)c4cc(-c5ccnnc5)ccc43)c2)[nH]1. The van der Waals surface area contributed by atoms with Gasteiger partial charge < -0.3 is 16.0 Å². The number of aromatic nitrogens is 6. The van der Waals surface area contributed by atoms with Crippen LogP contribution in [0.25, 0.3) is 27.7 Å². The van der Waals surface area contributed by atoms with Gasteiger partial charge in [-0.3, -0.25) is 24.3 Å². The number of benzene rings is 2. The summed E-state index contributed by atoms with van der Waals surface area (Å²) in [5.41, 5.74) is 9.09. The lowest BCUT2D eigenvalue weighted by molar-refractivity contribution is -0.715. The first-order chi connectivity index (χ1) is 20.7. The van der Waals surface area contributed by atoms with E-state index in [4.69, 9.17) is 5.73 Å². The molecule has 0 spiro atoms. The Labute approximate surface area is 243 Å². The first kappa shape index (κ1) is 27.5. The summed E-state index contributed by atoms with van der Waals surface area (Å²) < 4.78 is 17.4. The molecule has 1 fully saturated rings. The van der Waals surface area contributed by atoms with E-state index in [0.717, 1.165) is 11.1 Å². The second kappa shape index (κ2) is 11.0. The number of amides is 3. The first-order valence-corrected chi connectivity index (χ1v) is 13.4. The van der Waals surface area contributed by atoms with Gasteiger partial charge in [-0.25, -0.2) is 9.07 Å². The highest BCUT2D eigenvalue weighted by Gasteiger charge is 2.41. The summed E-state index contributed by atoms with van der Waals surface area (Å²) in [6.45, 7) is 1.21. The van der Waals surface area contributed by atoms with E-state index in [0.29, 0.717) is 28.0 Å². The second-order valence-corrected chi connectivity index (χ2v) is 10.3. The molecule has 1 aliphatic heterocycles. The van der Waals surface area contributed by atoms with Gasteiger partial charge in [-0.15, -0.1) is 4.68 Å². The van der Waals surface area contributed by atoms with Crippen LogP contribution < -0.4 is 21.3 Å². The molecular weight excluding hydrogens is 557 g/mol. The minimum atomic E-state index is -1.39. The second-order valence-electron chi connectivity index (χ2n) is 10.3. The molecule has 6 rings (SSSR count). The van der Waals surface area contributed by atoms with Gasteiger partial charge in [0.05, 0.1) is 30.0 Å². The van der Waals surface area contributed by atoms with Gasteiger partial charge in [0.2, 0.25) is 18.0 Å². The molecule has 2 aromatic carbocycles. The number of hydrogen-bond acceptors (Lipinski definition) is 6. The average molecular weight is 585 g/mol. The number of carbonyl (C=O) groups is 3. The lowest BCUT2D eigenvalue weighted by Crippen LogP contribution is -2.50. The highest BCUT2D eigenvalue weighted by molar-refractivity contribution is 6.04. The van der Waals surface area contributed by atoms with E-state index in [1.165, 1.54) is 20.3 Å². The lowest BCUT2D eigenvalue weighted by atomic mass is 10.0. The Hall–Kier alpha value is -5.66. The minimum Gasteiger partial charge on any atom is -0.364 e. The summed E-state index contributed by atoms with van der Waals surface area (Å²) in [5, 5.41) is 16.7. The molecule has 14 heteroatoms. The third-order valence-corrected chi connectivity index (χ3v) is 7.35. The zero-order valence-corrected chi connectivity index (χ0v) is 23.0. The van der Waals surface area contributed by atoms with Crippen LogP contribution in [0.2, 0.25) is 0 Å². The van der Waals surface area contributed by atoms with Gasteiger partial charge in [-0.2, -0.15) is 15.3 Å². The number of nitrogens with two attached hydrogens (primary N) is 1. The fourth-order valence-corrected chi connectivity index (χ4v) is 5.37. The average Bonchev–Trinajstić information content (AvgIpc) is 3.67. The van der Waals surface area contributed by atoms with Crippen molar-refractivity contribution in [3.8, 4) is 16.8 Å². The summed E-state index contributed by atoms with van der Waals surface area (Å²) >= 11 is 0. The molecule has 2 atom stereocenters. The van der Waals surface area contributed by atoms with E-state index in [2.05, 4.69) is 25.7 Å². The van der Waals surface area contributed by atoms with E-state index in [-0.39, 0.29) is 30.8 Å². The van der Waals surface area contributed by atoms with Gasteiger partial charge in [0.1, 0.15) is 12.2 Å². The molecule has 0 aliphatic carbocycles. The molecule has 43 heavy (non-hydrogen) atoms. The molecule has 5 N–H and O–H groups in total. The van der Waals surface area contributed by atoms with Gasteiger partial charge in [-0.1, -0.05) is 6.07 Å². The van der Waals surface area contributed by atoms with Crippen molar-refractivity contribution in [3.63, 3.8) is 0 Å². The number of halogens is 1. The Bertz CT molecular complexity index is 1930. The van der Waals surface area contributed by atoms with Crippen LogP contribution in [0.1, 0.15) is 22.6 Å². The molecule has 1 saturated heterocycles. The maximum Gasteiger partial charge on any atom is 0.291 e. The van der Waals surface area contributed by atoms with E-state index in [1.54, 1.807) is 67.8 Å². The molecule has 13 nitrogen and oxygen atoms in total. The quantitative estimate of drug-likeness (QED) is 0.210. The number of aryl methyl sites for hydroxylation is 1. The van der Waals surface area contributed by atoms with Gasteiger partial charge >= 0.3 is 0 Å². The number of alkyl halides is 1. The van der Waals surface area contributed by atoms with Crippen molar-refractivity contribution in [2.45, 2.75) is 32.1 Å². The summed E-state index contributed by atoms with van der Waals surface area (Å²) in [7, 11) is 0. The predicted molar refractivity (Wildman–Crippen MR) is 153 cm³/mol. The Balaban J connectivity index is 1.23. The number of nitrogens with one attached hydrogen (secondary N) is 3. The number of likely N-dealkylation sites (tertiary alicyclic amines) is 1. The zero-order chi connectivity index (χ0) is 30.2.